The second kappa shape index (κ2) is 5.56. The Morgan fingerprint density at radius 3 is 3.05 bits per heavy atom. The maximum absolute atomic E-state index is 9.27. The normalized spacial score (nSPS) is 18.8. The zero-order chi connectivity index (χ0) is 13.9. The number of hydrogen-bond acceptors (Lipinski definition) is 3. The molecule has 5 heteroatoms. The number of nitrogens with zero attached hydrogens (tertiary/aromatic N) is 4. The highest BCUT2D eigenvalue weighted by atomic mass is 35.5. The molecule has 1 saturated heterocycles. The molecule has 2 heterocycles. The summed E-state index contributed by atoms with van der Waals surface area (Å²) in [7, 11) is 0. The summed E-state index contributed by atoms with van der Waals surface area (Å²) >= 11 is 5.96. The molecule has 1 atom stereocenters. The third-order valence-electron chi connectivity index (χ3n) is 3.72. The van der Waals surface area contributed by atoms with Crippen LogP contribution in [0.15, 0.2) is 36.7 Å². The average Bonchev–Trinajstić information content (AvgIpc) is 3.01. The summed E-state index contributed by atoms with van der Waals surface area (Å²) in [5, 5.41) is 14.2. The first-order valence-corrected chi connectivity index (χ1v) is 7.09. The number of piperidine rings is 1. The second-order valence-corrected chi connectivity index (χ2v) is 5.44. The lowest BCUT2D eigenvalue weighted by Crippen LogP contribution is -2.37. The summed E-state index contributed by atoms with van der Waals surface area (Å²) < 4.78 is 2.01. The maximum Gasteiger partial charge on any atom is 0.101 e. The van der Waals surface area contributed by atoms with Crippen LogP contribution in [0.3, 0.4) is 0 Å². The van der Waals surface area contributed by atoms with E-state index in [1.54, 1.807) is 6.07 Å². The number of benzene rings is 1. The minimum absolute atomic E-state index is 0.362. The van der Waals surface area contributed by atoms with Gasteiger partial charge in [-0.15, -0.1) is 0 Å². The molecule has 102 valence electrons. The molecule has 0 saturated carbocycles. The van der Waals surface area contributed by atoms with Crippen LogP contribution in [0.5, 0.6) is 0 Å². The molecule has 1 fully saturated rings. The zero-order valence-electron chi connectivity index (χ0n) is 11.0. The van der Waals surface area contributed by atoms with E-state index in [-0.39, 0.29) is 0 Å². The first-order valence-electron chi connectivity index (χ1n) is 6.71. The number of halogens is 1. The molecule has 1 aromatic heterocycles. The van der Waals surface area contributed by atoms with Crippen molar-refractivity contribution in [2.24, 2.45) is 0 Å². The molecular formula is C15H15ClN4. The zero-order valence-corrected chi connectivity index (χ0v) is 11.8. The fourth-order valence-electron chi connectivity index (χ4n) is 2.76. The summed E-state index contributed by atoms with van der Waals surface area (Å²) in [5.41, 5.74) is 1.60. The number of anilines is 1. The Bertz CT molecular complexity index is 630. The van der Waals surface area contributed by atoms with Gasteiger partial charge in [0.15, 0.2) is 0 Å². The summed E-state index contributed by atoms with van der Waals surface area (Å²) in [6, 6.07) is 10.1. The van der Waals surface area contributed by atoms with Crippen LogP contribution in [0, 0.1) is 11.3 Å². The largest absolute Gasteiger partial charge is 0.368 e. The fraction of sp³-hybridized carbons (Fsp3) is 0.333. The Morgan fingerprint density at radius 2 is 2.30 bits per heavy atom. The molecule has 1 aliphatic rings. The van der Waals surface area contributed by atoms with Crippen molar-refractivity contribution < 1.29 is 0 Å². The molecule has 0 radical (unpaired) electrons. The van der Waals surface area contributed by atoms with Crippen molar-refractivity contribution in [3.63, 3.8) is 0 Å². The monoisotopic (exact) mass is 286 g/mol. The predicted molar refractivity (Wildman–Crippen MR) is 78.9 cm³/mol. The van der Waals surface area contributed by atoms with Gasteiger partial charge >= 0.3 is 0 Å². The van der Waals surface area contributed by atoms with E-state index in [0.29, 0.717) is 16.6 Å². The van der Waals surface area contributed by atoms with E-state index in [9.17, 15) is 5.26 Å². The van der Waals surface area contributed by atoms with E-state index in [1.807, 2.05) is 35.3 Å². The van der Waals surface area contributed by atoms with E-state index >= 15 is 0 Å². The highest BCUT2D eigenvalue weighted by molar-refractivity contribution is 6.30. The van der Waals surface area contributed by atoms with Crippen molar-refractivity contribution in [2.75, 3.05) is 18.0 Å². The van der Waals surface area contributed by atoms with Crippen molar-refractivity contribution in [3.8, 4) is 6.07 Å². The second-order valence-electron chi connectivity index (χ2n) is 5.00. The number of hydrogen-bond donors (Lipinski definition) is 0. The Morgan fingerprint density at radius 1 is 1.40 bits per heavy atom. The molecule has 4 nitrogen and oxygen atoms in total. The van der Waals surface area contributed by atoms with Gasteiger partial charge in [0.1, 0.15) is 6.07 Å². The van der Waals surface area contributed by atoms with E-state index in [4.69, 9.17) is 11.6 Å². The van der Waals surface area contributed by atoms with Crippen LogP contribution in [-0.2, 0) is 0 Å². The minimum Gasteiger partial charge on any atom is -0.368 e. The minimum atomic E-state index is 0.362. The Balaban J connectivity index is 1.86. The third kappa shape index (κ3) is 2.50. The third-order valence-corrected chi connectivity index (χ3v) is 3.95. The highest BCUT2D eigenvalue weighted by Gasteiger charge is 2.23. The Hall–Kier alpha value is -1.99. The van der Waals surface area contributed by atoms with Crippen LogP contribution < -0.4 is 4.90 Å². The molecule has 1 aliphatic heterocycles. The Kier molecular flexibility index (Phi) is 3.62. The van der Waals surface area contributed by atoms with Crippen LogP contribution in [0.4, 0.5) is 5.69 Å². The molecule has 0 bridgehead atoms. The first kappa shape index (κ1) is 13.0. The summed E-state index contributed by atoms with van der Waals surface area (Å²) in [6.45, 7) is 1.84. The first-order chi connectivity index (χ1) is 9.78. The van der Waals surface area contributed by atoms with Gasteiger partial charge in [0.2, 0.25) is 0 Å². The predicted octanol–water partition coefficient (Wildman–Crippen LogP) is 3.25. The van der Waals surface area contributed by atoms with Crippen LogP contribution in [0.25, 0.3) is 0 Å². The van der Waals surface area contributed by atoms with Gasteiger partial charge in [-0.05, 0) is 37.1 Å². The van der Waals surface area contributed by atoms with E-state index in [1.165, 1.54) is 0 Å². The van der Waals surface area contributed by atoms with Gasteiger partial charge in [0, 0.05) is 30.5 Å². The van der Waals surface area contributed by atoms with E-state index in [0.717, 1.165) is 31.6 Å². The molecule has 0 spiro atoms. The molecule has 0 amide bonds. The molecule has 20 heavy (non-hydrogen) atoms. The smallest absolute Gasteiger partial charge is 0.101 e. The molecule has 0 aliphatic carbocycles. The fourth-order valence-corrected chi connectivity index (χ4v) is 2.93. The van der Waals surface area contributed by atoms with Gasteiger partial charge < -0.3 is 4.90 Å². The van der Waals surface area contributed by atoms with Crippen molar-refractivity contribution in [1.29, 1.82) is 5.26 Å². The highest BCUT2D eigenvalue weighted by Crippen LogP contribution is 2.29. The summed E-state index contributed by atoms with van der Waals surface area (Å²) in [5.74, 6) is 0. The van der Waals surface area contributed by atoms with Crippen molar-refractivity contribution in [1.82, 2.24) is 9.78 Å². The molecule has 2 aromatic rings. The van der Waals surface area contributed by atoms with Crippen molar-refractivity contribution in [3.05, 3.63) is 47.2 Å². The molecule has 1 unspecified atom stereocenters. The summed E-state index contributed by atoms with van der Waals surface area (Å²) in [6.07, 6.45) is 6.02. The lowest BCUT2D eigenvalue weighted by molar-refractivity contribution is 0.376. The van der Waals surface area contributed by atoms with Gasteiger partial charge in [-0.2, -0.15) is 10.4 Å². The number of aromatic nitrogens is 2. The standard InChI is InChI=1S/C15H15ClN4/c16-13-4-5-15(12(9-13)10-17)19-7-1-3-14(11-19)20-8-2-6-18-20/h2,4-6,8-9,14H,1,3,7,11H2. The van der Waals surface area contributed by atoms with Gasteiger partial charge in [0.25, 0.3) is 0 Å². The number of nitriles is 1. The van der Waals surface area contributed by atoms with Crippen LogP contribution in [-0.4, -0.2) is 22.9 Å². The molecular weight excluding hydrogens is 272 g/mol. The van der Waals surface area contributed by atoms with Gasteiger partial charge in [0.05, 0.1) is 17.3 Å². The van der Waals surface area contributed by atoms with Gasteiger partial charge in [-0.3, -0.25) is 4.68 Å². The lowest BCUT2D eigenvalue weighted by Gasteiger charge is -2.35. The maximum atomic E-state index is 9.27. The number of rotatable bonds is 2. The molecule has 3 rings (SSSR count). The van der Waals surface area contributed by atoms with Gasteiger partial charge in [-0.25, -0.2) is 0 Å². The van der Waals surface area contributed by atoms with Gasteiger partial charge in [-0.1, -0.05) is 11.6 Å². The molecule has 1 aromatic carbocycles. The molecule has 0 N–H and O–H groups in total. The van der Waals surface area contributed by atoms with Crippen LogP contribution in [0.2, 0.25) is 5.02 Å². The van der Waals surface area contributed by atoms with Crippen LogP contribution in [0.1, 0.15) is 24.4 Å². The van der Waals surface area contributed by atoms with Crippen molar-refractivity contribution in [2.45, 2.75) is 18.9 Å². The lowest BCUT2D eigenvalue weighted by atomic mass is 10.0. The van der Waals surface area contributed by atoms with Crippen molar-refractivity contribution >= 4 is 17.3 Å². The van der Waals surface area contributed by atoms with E-state index in [2.05, 4.69) is 16.1 Å². The SMILES string of the molecule is N#Cc1cc(Cl)ccc1N1CCCC(n2cccn2)C1. The average molecular weight is 287 g/mol. The quantitative estimate of drug-likeness (QED) is 0.851. The van der Waals surface area contributed by atoms with E-state index < -0.39 is 0 Å². The summed E-state index contributed by atoms with van der Waals surface area (Å²) in [4.78, 5) is 2.25. The topological polar surface area (TPSA) is 44.9 Å². The van der Waals surface area contributed by atoms with Crippen LogP contribution >= 0.6 is 11.6 Å². The Labute approximate surface area is 123 Å².